The van der Waals surface area contributed by atoms with E-state index in [0.29, 0.717) is 13.2 Å². The van der Waals surface area contributed by atoms with Gasteiger partial charge in [0.25, 0.3) is 0 Å². The smallest absolute Gasteiger partial charge is 0.373 e. The highest BCUT2D eigenvalue weighted by molar-refractivity contribution is 5.91. The van der Waals surface area contributed by atoms with Gasteiger partial charge < -0.3 is 14.6 Å². The van der Waals surface area contributed by atoms with E-state index in [1.54, 1.807) is 30.3 Å². The molecule has 0 aliphatic rings. The van der Waals surface area contributed by atoms with Crippen molar-refractivity contribution in [3.05, 3.63) is 35.6 Å². The van der Waals surface area contributed by atoms with E-state index in [0.717, 1.165) is 24.8 Å². The van der Waals surface area contributed by atoms with E-state index in [2.05, 4.69) is 6.92 Å². The van der Waals surface area contributed by atoms with Gasteiger partial charge in [0, 0.05) is 0 Å². The number of ether oxygens (including phenoxy) is 2. The Kier molecular flexibility index (Phi) is 7.25. The summed E-state index contributed by atoms with van der Waals surface area (Å²) in [6.45, 7) is 4.86. The maximum atomic E-state index is 11.9. The van der Waals surface area contributed by atoms with Crippen LogP contribution in [0.3, 0.4) is 0 Å². The Hall–Kier alpha value is -1.97. The Bertz CT molecular complexity index is 434. The van der Waals surface area contributed by atoms with Gasteiger partial charge in [-0.1, -0.05) is 32.4 Å². The number of rotatable bonds is 8. The molecule has 0 radical (unpaired) electrons. The van der Waals surface area contributed by atoms with Crippen LogP contribution in [-0.4, -0.2) is 24.3 Å². The molecule has 1 N–H and O–H groups in total. The quantitative estimate of drug-likeness (QED) is 0.342. The van der Waals surface area contributed by atoms with Crippen LogP contribution in [0, 0.1) is 0 Å². The van der Waals surface area contributed by atoms with Crippen LogP contribution >= 0.6 is 0 Å². The van der Waals surface area contributed by atoms with Crippen molar-refractivity contribution >= 4 is 12.0 Å². The van der Waals surface area contributed by atoms with Crippen molar-refractivity contribution < 1.29 is 19.4 Å². The molecule has 0 saturated carbocycles. The summed E-state index contributed by atoms with van der Waals surface area (Å²) >= 11 is 0. The van der Waals surface area contributed by atoms with Gasteiger partial charge in [-0.3, -0.25) is 0 Å². The zero-order valence-corrected chi connectivity index (χ0v) is 12.1. The van der Waals surface area contributed by atoms with Crippen molar-refractivity contribution in [3.63, 3.8) is 0 Å². The number of carbonyl (C=O) groups excluding carboxylic acids is 1. The second-order valence-electron chi connectivity index (χ2n) is 4.44. The Morgan fingerprint density at radius 2 is 1.80 bits per heavy atom. The fourth-order valence-electron chi connectivity index (χ4n) is 1.47. The van der Waals surface area contributed by atoms with Gasteiger partial charge in [-0.25, -0.2) is 4.79 Å². The van der Waals surface area contributed by atoms with Gasteiger partial charge in [-0.15, -0.1) is 0 Å². The van der Waals surface area contributed by atoms with E-state index in [1.807, 2.05) is 6.92 Å². The summed E-state index contributed by atoms with van der Waals surface area (Å²) in [4.78, 5) is 11.9. The number of unbranched alkanes of at least 4 members (excludes halogenated alkanes) is 1. The number of esters is 1. The molecule has 0 bridgehead atoms. The van der Waals surface area contributed by atoms with Crippen molar-refractivity contribution in [1.82, 2.24) is 0 Å². The van der Waals surface area contributed by atoms with Gasteiger partial charge in [0.1, 0.15) is 5.75 Å². The molecule has 0 atom stereocenters. The third-order valence-corrected chi connectivity index (χ3v) is 2.58. The van der Waals surface area contributed by atoms with E-state index in [1.165, 1.54) is 0 Å². The summed E-state index contributed by atoms with van der Waals surface area (Å²) in [5.74, 6) is -0.0576. The molecule has 0 aliphatic carbocycles. The van der Waals surface area contributed by atoms with Gasteiger partial charge in [0.2, 0.25) is 5.76 Å². The molecule has 0 aliphatic heterocycles. The molecule has 0 unspecified atom stereocenters. The lowest BCUT2D eigenvalue weighted by Gasteiger charge is -2.10. The number of phenols is 1. The summed E-state index contributed by atoms with van der Waals surface area (Å²) in [5, 5.41) is 9.25. The first-order valence-electron chi connectivity index (χ1n) is 6.98. The normalized spacial score (nSPS) is 11.2. The zero-order chi connectivity index (χ0) is 14.8. The van der Waals surface area contributed by atoms with Gasteiger partial charge in [-0.2, -0.15) is 0 Å². The molecule has 0 spiro atoms. The number of hydrogen-bond donors (Lipinski definition) is 1. The molecule has 0 fully saturated rings. The summed E-state index contributed by atoms with van der Waals surface area (Å²) in [6.07, 6.45) is 4.28. The molecule has 1 aromatic carbocycles. The van der Waals surface area contributed by atoms with E-state index in [4.69, 9.17) is 9.47 Å². The van der Waals surface area contributed by atoms with Crippen LogP contribution < -0.4 is 0 Å². The molecule has 0 amide bonds. The number of aromatic hydroxyl groups is 1. The lowest BCUT2D eigenvalue weighted by atomic mass is 10.2. The minimum absolute atomic E-state index is 0.184. The zero-order valence-electron chi connectivity index (χ0n) is 12.1. The maximum absolute atomic E-state index is 11.9. The molecule has 1 rings (SSSR count). The molecule has 1 aromatic rings. The summed E-state index contributed by atoms with van der Waals surface area (Å²) in [5.41, 5.74) is 0.780. The third kappa shape index (κ3) is 5.78. The molecule has 4 nitrogen and oxygen atoms in total. The van der Waals surface area contributed by atoms with Crippen LogP contribution in [0.4, 0.5) is 0 Å². The van der Waals surface area contributed by atoms with Crippen LogP contribution in [0.25, 0.3) is 6.08 Å². The molecule has 0 heterocycles. The first kappa shape index (κ1) is 16.1. The van der Waals surface area contributed by atoms with Crippen molar-refractivity contribution in [3.8, 4) is 5.75 Å². The predicted molar refractivity (Wildman–Crippen MR) is 78.2 cm³/mol. The largest absolute Gasteiger partial charge is 0.508 e. The van der Waals surface area contributed by atoms with Crippen LogP contribution in [0.5, 0.6) is 5.75 Å². The van der Waals surface area contributed by atoms with Gasteiger partial charge in [-0.05, 0) is 36.6 Å². The standard InChI is InChI=1S/C16H22O4/c1-3-5-11-19-15(16(18)20-10-4-2)12-13-6-8-14(17)9-7-13/h6-9,12,17H,3-5,10-11H2,1-2H3. The Morgan fingerprint density at radius 3 is 2.40 bits per heavy atom. The number of benzene rings is 1. The highest BCUT2D eigenvalue weighted by Gasteiger charge is 2.12. The van der Waals surface area contributed by atoms with Gasteiger partial charge >= 0.3 is 5.97 Å². The van der Waals surface area contributed by atoms with Crippen molar-refractivity contribution in [2.75, 3.05) is 13.2 Å². The average molecular weight is 278 g/mol. The average Bonchev–Trinajstić information content (AvgIpc) is 2.46. The minimum Gasteiger partial charge on any atom is -0.508 e. The summed E-state index contributed by atoms with van der Waals surface area (Å²) in [6, 6.07) is 6.55. The molecular weight excluding hydrogens is 256 g/mol. The molecule has 20 heavy (non-hydrogen) atoms. The monoisotopic (exact) mass is 278 g/mol. The molecule has 110 valence electrons. The maximum Gasteiger partial charge on any atom is 0.373 e. The first-order valence-corrected chi connectivity index (χ1v) is 6.98. The number of carbonyl (C=O) groups is 1. The SMILES string of the molecule is CCCCOC(=Cc1ccc(O)cc1)C(=O)OCCC. The number of phenolic OH excluding ortho intramolecular Hbond substituents is 1. The van der Waals surface area contributed by atoms with Gasteiger partial charge in [0.05, 0.1) is 13.2 Å². The van der Waals surface area contributed by atoms with Crippen LogP contribution in [0.1, 0.15) is 38.7 Å². The highest BCUT2D eigenvalue weighted by atomic mass is 16.6. The topological polar surface area (TPSA) is 55.8 Å². The fourth-order valence-corrected chi connectivity index (χ4v) is 1.47. The van der Waals surface area contributed by atoms with Crippen molar-refractivity contribution in [2.45, 2.75) is 33.1 Å². The minimum atomic E-state index is -0.448. The molecular formula is C16H22O4. The molecule has 4 heteroatoms. The molecule has 0 saturated heterocycles. The van der Waals surface area contributed by atoms with Crippen LogP contribution in [-0.2, 0) is 14.3 Å². The van der Waals surface area contributed by atoms with E-state index in [-0.39, 0.29) is 11.5 Å². The van der Waals surface area contributed by atoms with Gasteiger partial charge in [0.15, 0.2) is 0 Å². The fraction of sp³-hybridized carbons (Fsp3) is 0.438. The van der Waals surface area contributed by atoms with E-state index < -0.39 is 5.97 Å². The summed E-state index contributed by atoms with van der Waals surface area (Å²) in [7, 11) is 0. The predicted octanol–water partition coefficient (Wildman–Crippen LogP) is 3.50. The Morgan fingerprint density at radius 1 is 1.10 bits per heavy atom. The highest BCUT2D eigenvalue weighted by Crippen LogP contribution is 2.14. The second-order valence-corrected chi connectivity index (χ2v) is 4.44. The third-order valence-electron chi connectivity index (χ3n) is 2.58. The Labute approximate surface area is 120 Å². The second kappa shape index (κ2) is 9.02. The van der Waals surface area contributed by atoms with Crippen LogP contribution in [0.15, 0.2) is 30.0 Å². The van der Waals surface area contributed by atoms with Crippen molar-refractivity contribution in [2.24, 2.45) is 0 Å². The van der Waals surface area contributed by atoms with E-state index >= 15 is 0 Å². The Balaban J connectivity index is 2.79. The number of hydrogen-bond acceptors (Lipinski definition) is 4. The summed E-state index contributed by atoms with van der Waals surface area (Å²) < 4.78 is 10.6. The van der Waals surface area contributed by atoms with E-state index in [9.17, 15) is 9.90 Å². The van der Waals surface area contributed by atoms with Crippen LogP contribution in [0.2, 0.25) is 0 Å². The molecule has 0 aromatic heterocycles. The van der Waals surface area contributed by atoms with Crippen molar-refractivity contribution in [1.29, 1.82) is 0 Å². The lowest BCUT2D eigenvalue weighted by molar-refractivity contribution is -0.143. The lowest BCUT2D eigenvalue weighted by Crippen LogP contribution is -2.12. The first-order chi connectivity index (χ1) is 9.67.